The molecule has 4 aromatic rings. The molecule has 0 bridgehead atoms. The molecule has 6 nitrogen and oxygen atoms in total. The molecule has 0 spiro atoms. The second kappa shape index (κ2) is 8.10. The maximum absolute atomic E-state index is 12.6. The molecule has 2 heterocycles. The summed E-state index contributed by atoms with van der Waals surface area (Å²) in [5, 5.41) is 12.2. The lowest BCUT2D eigenvalue weighted by atomic mass is 9.93. The third kappa shape index (κ3) is 3.82. The predicted octanol–water partition coefficient (Wildman–Crippen LogP) is 3.60. The molecule has 0 aliphatic heterocycles. The molecule has 0 radical (unpaired) electrons. The maximum Gasteiger partial charge on any atom is 0.251 e. The Morgan fingerprint density at radius 2 is 2.00 bits per heavy atom. The SMILES string of the molecule is O=C(NCC[C@H](c1ccccc1)c1ccco1)c1ccc2nc(CO)[nH]c2c1. The van der Waals surface area contributed by atoms with E-state index in [2.05, 4.69) is 27.4 Å². The van der Waals surface area contributed by atoms with Crippen molar-refractivity contribution in [1.29, 1.82) is 0 Å². The quantitative estimate of drug-likeness (QED) is 0.460. The number of carbonyl (C=O) groups excluding carboxylic acids is 1. The van der Waals surface area contributed by atoms with Crippen LogP contribution in [0.2, 0.25) is 0 Å². The largest absolute Gasteiger partial charge is 0.469 e. The number of hydrogen-bond acceptors (Lipinski definition) is 4. The highest BCUT2D eigenvalue weighted by molar-refractivity contribution is 5.97. The lowest BCUT2D eigenvalue weighted by Crippen LogP contribution is -2.25. The van der Waals surface area contributed by atoms with Crippen LogP contribution in [0.1, 0.15) is 39.8 Å². The van der Waals surface area contributed by atoms with Crippen LogP contribution in [0.15, 0.2) is 71.3 Å². The number of furan rings is 1. The highest BCUT2D eigenvalue weighted by atomic mass is 16.3. The van der Waals surface area contributed by atoms with Crippen molar-refractivity contribution in [3.05, 3.63) is 89.6 Å². The summed E-state index contributed by atoms with van der Waals surface area (Å²) in [6.07, 6.45) is 2.40. The van der Waals surface area contributed by atoms with Crippen molar-refractivity contribution in [2.24, 2.45) is 0 Å². The van der Waals surface area contributed by atoms with Gasteiger partial charge in [-0.3, -0.25) is 4.79 Å². The molecule has 2 aromatic heterocycles. The molecule has 1 amide bonds. The summed E-state index contributed by atoms with van der Waals surface area (Å²) >= 11 is 0. The van der Waals surface area contributed by atoms with E-state index in [4.69, 9.17) is 4.42 Å². The first-order valence-corrected chi connectivity index (χ1v) is 9.20. The summed E-state index contributed by atoms with van der Waals surface area (Å²) in [5.41, 5.74) is 3.16. The number of benzene rings is 2. The van der Waals surface area contributed by atoms with Gasteiger partial charge in [-0.25, -0.2) is 4.98 Å². The van der Waals surface area contributed by atoms with E-state index >= 15 is 0 Å². The van der Waals surface area contributed by atoms with E-state index in [1.807, 2.05) is 30.3 Å². The number of amides is 1. The standard InChI is InChI=1S/C22H21N3O3/c26-14-21-24-18-9-8-16(13-19(18)25-21)22(27)23-11-10-17(20-7-4-12-28-20)15-5-2-1-3-6-15/h1-9,12-13,17,26H,10-11,14H2,(H,23,27)(H,24,25)/t17-/m1/s1. The maximum atomic E-state index is 12.6. The molecule has 0 fully saturated rings. The van der Waals surface area contributed by atoms with Gasteiger partial charge in [0.15, 0.2) is 0 Å². The number of H-pyrrole nitrogens is 1. The summed E-state index contributed by atoms with van der Waals surface area (Å²) < 4.78 is 5.61. The van der Waals surface area contributed by atoms with Crippen LogP contribution in [0.25, 0.3) is 11.0 Å². The van der Waals surface area contributed by atoms with Crippen LogP contribution in [0.3, 0.4) is 0 Å². The van der Waals surface area contributed by atoms with Gasteiger partial charge in [0.25, 0.3) is 5.91 Å². The van der Waals surface area contributed by atoms with Crippen molar-refractivity contribution in [3.8, 4) is 0 Å². The van der Waals surface area contributed by atoms with Gasteiger partial charge in [-0.1, -0.05) is 30.3 Å². The Hall–Kier alpha value is -3.38. The fourth-order valence-electron chi connectivity index (χ4n) is 3.36. The van der Waals surface area contributed by atoms with Crippen LogP contribution in [0.5, 0.6) is 0 Å². The van der Waals surface area contributed by atoms with Crippen molar-refractivity contribution < 1.29 is 14.3 Å². The smallest absolute Gasteiger partial charge is 0.251 e. The number of aromatic amines is 1. The summed E-state index contributed by atoms with van der Waals surface area (Å²) in [6, 6.07) is 19.2. The normalized spacial score (nSPS) is 12.2. The Labute approximate surface area is 162 Å². The highest BCUT2D eigenvalue weighted by Gasteiger charge is 2.17. The van der Waals surface area contributed by atoms with Crippen molar-refractivity contribution in [3.63, 3.8) is 0 Å². The van der Waals surface area contributed by atoms with Crippen molar-refractivity contribution in [1.82, 2.24) is 15.3 Å². The fourth-order valence-corrected chi connectivity index (χ4v) is 3.36. The van der Waals surface area contributed by atoms with E-state index < -0.39 is 0 Å². The molecule has 0 saturated heterocycles. The van der Waals surface area contributed by atoms with Crippen LogP contribution in [0.4, 0.5) is 0 Å². The van der Waals surface area contributed by atoms with E-state index in [-0.39, 0.29) is 18.4 Å². The molecule has 6 heteroatoms. The van der Waals surface area contributed by atoms with Gasteiger partial charge in [-0.05, 0) is 42.3 Å². The van der Waals surface area contributed by atoms with Crippen LogP contribution >= 0.6 is 0 Å². The van der Waals surface area contributed by atoms with Crippen molar-refractivity contribution >= 4 is 16.9 Å². The van der Waals surface area contributed by atoms with Gasteiger partial charge in [0.05, 0.1) is 17.3 Å². The molecule has 142 valence electrons. The predicted molar refractivity (Wildman–Crippen MR) is 106 cm³/mol. The number of rotatable bonds is 7. The number of carbonyl (C=O) groups is 1. The zero-order chi connectivity index (χ0) is 19.3. The first-order chi connectivity index (χ1) is 13.7. The summed E-state index contributed by atoms with van der Waals surface area (Å²) in [5.74, 6) is 1.31. The third-order valence-corrected chi connectivity index (χ3v) is 4.75. The minimum absolute atomic E-state index is 0.0821. The second-order valence-electron chi connectivity index (χ2n) is 6.60. The zero-order valence-electron chi connectivity index (χ0n) is 15.3. The number of aliphatic hydroxyl groups is 1. The van der Waals surface area contributed by atoms with Crippen LogP contribution in [-0.4, -0.2) is 27.5 Å². The first-order valence-electron chi connectivity index (χ1n) is 9.20. The third-order valence-electron chi connectivity index (χ3n) is 4.75. The number of aromatic nitrogens is 2. The fraction of sp³-hybridized carbons (Fsp3) is 0.182. The molecule has 1 atom stereocenters. The van der Waals surface area contributed by atoms with Gasteiger partial charge < -0.3 is 19.8 Å². The Morgan fingerprint density at radius 3 is 2.75 bits per heavy atom. The number of aliphatic hydroxyl groups excluding tert-OH is 1. The molecule has 2 aromatic carbocycles. The molecule has 3 N–H and O–H groups in total. The van der Waals surface area contributed by atoms with Crippen molar-refractivity contribution in [2.45, 2.75) is 18.9 Å². The van der Waals surface area contributed by atoms with Gasteiger partial charge in [-0.2, -0.15) is 0 Å². The molecule has 0 saturated carbocycles. The highest BCUT2D eigenvalue weighted by Crippen LogP contribution is 2.27. The van der Waals surface area contributed by atoms with E-state index in [9.17, 15) is 9.90 Å². The Morgan fingerprint density at radius 1 is 1.14 bits per heavy atom. The monoisotopic (exact) mass is 375 g/mol. The number of imidazole rings is 1. The summed E-state index contributed by atoms with van der Waals surface area (Å²) in [6.45, 7) is 0.353. The lowest BCUT2D eigenvalue weighted by molar-refractivity contribution is 0.0952. The van der Waals surface area contributed by atoms with Crippen LogP contribution < -0.4 is 5.32 Å². The number of hydrogen-bond donors (Lipinski definition) is 3. The number of nitrogens with zero attached hydrogens (tertiary/aromatic N) is 1. The number of nitrogens with one attached hydrogen (secondary N) is 2. The summed E-state index contributed by atoms with van der Waals surface area (Å²) in [4.78, 5) is 19.8. The average Bonchev–Trinajstić information content (AvgIpc) is 3.40. The Kier molecular flexibility index (Phi) is 5.21. The van der Waals surface area contributed by atoms with Gasteiger partial charge in [-0.15, -0.1) is 0 Å². The Bertz CT molecular complexity index is 1060. The molecule has 4 rings (SSSR count). The first kappa shape index (κ1) is 18.0. The molecule has 0 unspecified atom stereocenters. The minimum Gasteiger partial charge on any atom is -0.469 e. The van der Waals surface area contributed by atoms with E-state index in [0.29, 0.717) is 17.9 Å². The zero-order valence-corrected chi connectivity index (χ0v) is 15.3. The number of fused-ring (bicyclic) bond motifs is 1. The lowest BCUT2D eigenvalue weighted by Gasteiger charge is -2.15. The topological polar surface area (TPSA) is 91.2 Å². The average molecular weight is 375 g/mol. The molecule has 0 aliphatic rings. The van der Waals surface area contributed by atoms with Crippen molar-refractivity contribution in [2.75, 3.05) is 6.54 Å². The van der Waals surface area contributed by atoms with Gasteiger partial charge in [0, 0.05) is 18.0 Å². The van der Waals surface area contributed by atoms with Gasteiger partial charge in [0.1, 0.15) is 18.2 Å². The van der Waals surface area contributed by atoms with E-state index in [0.717, 1.165) is 28.8 Å². The second-order valence-corrected chi connectivity index (χ2v) is 6.60. The molecule has 0 aliphatic carbocycles. The van der Waals surface area contributed by atoms with E-state index in [1.165, 1.54) is 0 Å². The van der Waals surface area contributed by atoms with Gasteiger partial charge >= 0.3 is 0 Å². The van der Waals surface area contributed by atoms with Crippen LogP contribution in [-0.2, 0) is 6.61 Å². The van der Waals surface area contributed by atoms with Gasteiger partial charge in [0.2, 0.25) is 0 Å². The molecule has 28 heavy (non-hydrogen) atoms. The van der Waals surface area contributed by atoms with E-state index in [1.54, 1.807) is 24.5 Å². The summed E-state index contributed by atoms with van der Waals surface area (Å²) in [7, 11) is 0. The Balaban J connectivity index is 1.43. The molecular weight excluding hydrogens is 354 g/mol. The molecular formula is C22H21N3O3. The minimum atomic E-state index is -0.163. The van der Waals surface area contributed by atoms with Crippen LogP contribution in [0, 0.1) is 0 Å².